The van der Waals surface area contributed by atoms with Crippen molar-refractivity contribution in [3.05, 3.63) is 0 Å². The zero-order valence-corrected chi connectivity index (χ0v) is 29.4. The molecule has 43 heavy (non-hydrogen) atoms. The minimum absolute atomic E-state index is 0.201. The number of rotatable bonds is 35. The Morgan fingerprint density at radius 3 is 1.35 bits per heavy atom. The molecule has 0 saturated heterocycles. The van der Waals surface area contributed by atoms with Crippen molar-refractivity contribution >= 4 is 5.91 Å². The topological polar surface area (TPSA) is 90.8 Å². The zero-order chi connectivity index (χ0) is 31.6. The molecule has 1 amide bonds. The monoisotopic (exact) mass is 612 g/mol. The average Bonchev–Trinajstić information content (AvgIpc) is 3.01. The van der Waals surface area contributed by atoms with Gasteiger partial charge in [0, 0.05) is 13.2 Å². The molecule has 0 spiro atoms. The maximum Gasteiger partial charge on any atom is 0.253 e. The normalized spacial score (nSPS) is 13.0. The Hall–Kier alpha value is -0.690. The van der Waals surface area contributed by atoms with E-state index in [1.54, 1.807) is 0 Å². The van der Waals surface area contributed by atoms with E-state index in [4.69, 9.17) is 21.1 Å². The van der Waals surface area contributed by atoms with Gasteiger partial charge in [0.25, 0.3) is 5.91 Å². The van der Waals surface area contributed by atoms with Gasteiger partial charge in [-0.15, -0.1) is 0 Å². The van der Waals surface area contributed by atoms with Crippen LogP contribution in [0.2, 0.25) is 0 Å². The van der Waals surface area contributed by atoms with E-state index < -0.39 is 6.04 Å². The first-order chi connectivity index (χ1) is 21.1. The molecule has 4 N–H and O–H groups in total. The number of carbonyl (C=O) groups is 1. The molecule has 0 aliphatic carbocycles. The Morgan fingerprint density at radius 1 is 0.558 bits per heavy atom. The van der Waals surface area contributed by atoms with Crippen LogP contribution in [0, 0.1) is 0 Å². The van der Waals surface area contributed by atoms with Gasteiger partial charge in [-0.25, -0.2) is 5.84 Å². The molecule has 6 heteroatoms. The third-order valence-corrected chi connectivity index (χ3v) is 8.67. The van der Waals surface area contributed by atoms with Crippen LogP contribution in [0.1, 0.15) is 194 Å². The van der Waals surface area contributed by atoms with Crippen LogP contribution in [0.25, 0.3) is 0 Å². The summed E-state index contributed by atoms with van der Waals surface area (Å²) in [5.41, 5.74) is 6.09. The molecule has 0 saturated carbocycles. The Morgan fingerprint density at radius 2 is 0.930 bits per heavy atom. The van der Waals surface area contributed by atoms with Crippen molar-refractivity contribution in [1.29, 1.82) is 0 Å². The molecule has 0 aromatic rings. The van der Waals surface area contributed by atoms with Crippen molar-refractivity contribution in [3.63, 3.8) is 0 Å². The highest BCUT2D eigenvalue weighted by atomic mass is 16.5. The standard InChI is InChI=1S/C37H77N3O3/c1-4-7-10-12-14-16-18-20-22-24-26-28-31-42-34-35(33-40(39)37(41)36(38)30-9-6-3)43-32-29-27-25-23-21-19-17-15-13-11-8-5-2/h35-36H,4-34,38-39H2,1-3H3. The van der Waals surface area contributed by atoms with Crippen LogP contribution in [0.15, 0.2) is 0 Å². The number of hydrogen-bond acceptors (Lipinski definition) is 5. The third-order valence-electron chi connectivity index (χ3n) is 8.67. The summed E-state index contributed by atoms with van der Waals surface area (Å²) in [5, 5.41) is 1.26. The van der Waals surface area contributed by atoms with E-state index in [1.165, 1.54) is 146 Å². The molecule has 6 nitrogen and oxygen atoms in total. The van der Waals surface area contributed by atoms with Gasteiger partial charge in [0.15, 0.2) is 0 Å². The first kappa shape index (κ1) is 42.3. The summed E-state index contributed by atoms with van der Waals surface area (Å²) >= 11 is 0. The summed E-state index contributed by atoms with van der Waals surface area (Å²) in [6, 6.07) is -0.538. The number of amides is 1. The van der Waals surface area contributed by atoms with Gasteiger partial charge in [0.1, 0.15) is 0 Å². The molecule has 0 radical (unpaired) electrons. The fourth-order valence-electron chi connectivity index (χ4n) is 5.68. The summed E-state index contributed by atoms with van der Waals surface area (Å²) < 4.78 is 12.2. The van der Waals surface area contributed by atoms with E-state index in [1.807, 2.05) is 0 Å². The van der Waals surface area contributed by atoms with Crippen molar-refractivity contribution in [1.82, 2.24) is 5.01 Å². The molecule has 0 aromatic heterocycles. The average molecular weight is 612 g/mol. The third kappa shape index (κ3) is 29.8. The molecular weight excluding hydrogens is 534 g/mol. The van der Waals surface area contributed by atoms with Gasteiger partial charge in [-0.05, 0) is 19.3 Å². The lowest BCUT2D eigenvalue weighted by molar-refractivity contribution is -0.136. The lowest BCUT2D eigenvalue weighted by Crippen LogP contribution is -2.51. The first-order valence-corrected chi connectivity index (χ1v) is 19.1. The van der Waals surface area contributed by atoms with E-state index >= 15 is 0 Å². The summed E-state index contributed by atoms with van der Waals surface area (Å²) in [5.74, 6) is 5.95. The van der Waals surface area contributed by atoms with Crippen LogP contribution in [-0.4, -0.2) is 49.4 Å². The van der Waals surface area contributed by atoms with Crippen molar-refractivity contribution in [2.24, 2.45) is 11.6 Å². The van der Waals surface area contributed by atoms with Crippen molar-refractivity contribution in [3.8, 4) is 0 Å². The molecule has 0 aromatic carbocycles. The van der Waals surface area contributed by atoms with Crippen LogP contribution in [0.4, 0.5) is 0 Å². The number of nitrogens with two attached hydrogens (primary N) is 2. The van der Waals surface area contributed by atoms with Gasteiger partial charge in [-0.1, -0.05) is 175 Å². The van der Waals surface area contributed by atoms with Gasteiger partial charge in [-0.3, -0.25) is 9.80 Å². The molecular formula is C37H77N3O3. The van der Waals surface area contributed by atoms with Crippen LogP contribution in [0.5, 0.6) is 0 Å². The summed E-state index contributed by atoms with van der Waals surface area (Å²) in [6.45, 7) is 8.89. The zero-order valence-electron chi connectivity index (χ0n) is 29.4. The largest absolute Gasteiger partial charge is 0.379 e. The highest BCUT2D eigenvalue weighted by Gasteiger charge is 2.22. The van der Waals surface area contributed by atoms with E-state index in [2.05, 4.69) is 20.8 Å². The second-order valence-corrected chi connectivity index (χ2v) is 13.1. The van der Waals surface area contributed by atoms with Gasteiger partial charge >= 0.3 is 0 Å². The molecule has 2 unspecified atom stereocenters. The second-order valence-electron chi connectivity index (χ2n) is 13.1. The maximum absolute atomic E-state index is 12.7. The smallest absolute Gasteiger partial charge is 0.253 e. The van der Waals surface area contributed by atoms with E-state index in [0.29, 0.717) is 26.2 Å². The fourth-order valence-corrected chi connectivity index (χ4v) is 5.68. The Bertz CT molecular complexity index is 563. The molecule has 258 valence electrons. The summed E-state index contributed by atoms with van der Waals surface area (Å²) in [4.78, 5) is 12.7. The minimum atomic E-state index is -0.538. The molecule has 0 fully saturated rings. The molecule has 2 atom stereocenters. The number of nitrogens with zero attached hydrogens (tertiary/aromatic N) is 1. The van der Waals surface area contributed by atoms with Crippen molar-refractivity contribution in [2.45, 2.75) is 206 Å². The number of unbranched alkanes of at least 4 members (excludes halogenated alkanes) is 23. The van der Waals surface area contributed by atoms with Gasteiger partial charge in [0.2, 0.25) is 0 Å². The number of ether oxygens (including phenoxy) is 2. The quantitative estimate of drug-likeness (QED) is 0.0322. The van der Waals surface area contributed by atoms with Gasteiger partial charge < -0.3 is 15.2 Å². The number of carbonyl (C=O) groups excluding carboxylic acids is 1. The highest BCUT2D eigenvalue weighted by molar-refractivity contribution is 5.81. The molecule has 0 aliphatic rings. The molecule has 0 aliphatic heterocycles. The van der Waals surface area contributed by atoms with E-state index in [9.17, 15) is 4.79 Å². The highest BCUT2D eigenvalue weighted by Crippen LogP contribution is 2.14. The number of hydrazine groups is 1. The van der Waals surface area contributed by atoms with Crippen LogP contribution in [0.3, 0.4) is 0 Å². The van der Waals surface area contributed by atoms with Crippen LogP contribution >= 0.6 is 0 Å². The van der Waals surface area contributed by atoms with Gasteiger partial charge in [0.05, 0.1) is 25.3 Å². The number of hydrogen-bond donors (Lipinski definition) is 2. The predicted octanol–water partition coefficient (Wildman–Crippen LogP) is 10.0. The predicted molar refractivity (Wildman–Crippen MR) is 186 cm³/mol. The maximum atomic E-state index is 12.7. The Balaban J connectivity index is 4.12. The SMILES string of the molecule is CCCCCCCCCCCCCCOCC(CN(N)C(=O)C(N)CCCC)OCCCCCCCCCCCCCC. The summed E-state index contributed by atoms with van der Waals surface area (Å²) in [7, 11) is 0. The lowest BCUT2D eigenvalue weighted by Gasteiger charge is -2.26. The first-order valence-electron chi connectivity index (χ1n) is 19.1. The molecule has 0 rings (SSSR count). The molecule has 0 bridgehead atoms. The summed E-state index contributed by atoms with van der Waals surface area (Å²) in [6.07, 6.45) is 34.3. The van der Waals surface area contributed by atoms with Crippen LogP contribution < -0.4 is 11.6 Å². The lowest BCUT2D eigenvalue weighted by atomic mass is 10.1. The van der Waals surface area contributed by atoms with Crippen LogP contribution in [-0.2, 0) is 14.3 Å². The Kier molecular flexibility index (Phi) is 33.6. The van der Waals surface area contributed by atoms with E-state index in [0.717, 1.165) is 32.3 Å². The Labute approximate surface area is 269 Å². The van der Waals surface area contributed by atoms with Crippen molar-refractivity contribution < 1.29 is 14.3 Å². The minimum Gasteiger partial charge on any atom is -0.379 e. The van der Waals surface area contributed by atoms with Gasteiger partial charge in [-0.2, -0.15) is 0 Å². The van der Waals surface area contributed by atoms with Crippen molar-refractivity contribution in [2.75, 3.05) is 26.4 Å². The molecule has 0 heterocycles. The fraction of sp³-hybridized carbons (Fsp3) is 0.973. The van der Waals surface area contributed by atoms with E-state index in [-0.39, 0.29) is 12.0 Å². The second kappa shape index (κ2) is 34.2.